The Kier molecular flexibility index (Phi) is 4.84. The molecule has 4 aromatic heterocycles. The molecule has 1 amide bonds. The van der Waals surface area contributed by atoms with Gasteiger partial charge >= 0.3 is 11.8 Å². The number of fused-ring (bicyclic) bond motifs is 1. The number of carbonyl (C=O) groups excluding carboxylic acids is 1. The zero-order valence-corrected chi connectivity index (χ0v) is 16.2. The van der Waals surface area contributed by atoms with Crippen molar-refractivity contribution >= 4 is 40.3 Å². The molecule has 4 heterocycles. The molecule has 8 nitrogen and oxygen atoms in total. The maximum absolute atomic E-state index is 12.9. The van der Waals surface area contributed by atoms with Crippen molar-refractivity contribution in [3.05, 3.63) is 63.8 Å². The Labute approximate surface area is 168 Å². The number of hydrogen-bond donors (Lipinski definition) is 2. The molecular weight excluding hydrogens is 402 g/mol. The first-order valence-corrected chi connectivity index (χ1v) is 9.40. The molecule has 10 heteroatoms. The maximum atomic E-state index is 12.9. The molecule has 0 radical (unpaired) electrons. The normalized spacial score (nSPS) is 10.9. The molecule has 0 saturated heterocycles. The second-order valence-corrected chi connectivity index (χ2v) is 7.48. The first kappa shape index (κ1) is 18.2. The number of rotatable bonds is 5. The molecule has 0 aliphatic rings. The van der Waals surface area contributed by atoms with Gasteiger partial charge < -0.3 is 15.2 Å². The van der Waals surface area contributed by atoms with E-state index in [1.54, 1.807) is 45.6 Å². The molecule has 0 aliphatic heterocycles. The minimum absolute atomic E-state index is 0.0934. The number of nitrogens with one attached hydrogen (secondary N) is 1. The molecule has 0 atom stereocenters. The first-order chi connectivity index (χ1) is 13.6. The van der Waals surface area contributed by atoms with Crippen LogP contribution in [0.1, 0.15) is 15.4 Å². The van der Waals surface area contributed by atoms with Crippen LogP contribution in [0.4, 0.5) is 5.82 Å². The fraction of sp³-hybridized carbons (Fsp3) is 0.111. The largest absolute Gasteiger partial charge is 0.481 e. The van der Waals surface area contributed by atoms with Crippen molar-refractivity contribution in [2.45, 2.75) is 6.54 Å². The number of aromatic hydroxyl groups is 1. The number of hydrogen-bond acceptors (Lipinski definition) is 6. The van der Waals surface area contributed by atoms with Gasteiger partial charge in [-0.05, 0) is 12.1 Å². The molecule has 0 unspecified atom stereocenters. The van der Waals surface area contributed by atoms with Crippen LogP contribution in [0.5, 0.6) is 11.8 Å². The number of thiazole rings is 1. The SMILES string of the molecule is COc1cccc(NC(=O)c2c(O)n(Cc3cnc(Cl)s3)c3cccc[n+]23)n1. The average molecular weight is 417 g/mol. The smallest absolute Gasteiger partial charge is 0.337 e. The van der Waals surface area contributed by atoms with Gasteiger partial charge in [0, 0.05) is 18.3 Å². The molecule has 0 aliphatic carbocycles. The molecule has 0 fully saturated rings. The van der Waals surface area contributed by atoms with Gasteiger partial charge in [0.05, 0.1) is 18.2 Å². The van der Waals surface area contributed by atoms with Crippen LogP contribution in [0.2, 0.25) is 4.47 Å². The van der Waals surface area contributed by atoms with E-state index in [2.05, 4.69) is 15.3 Å². The second kappa shape index (κ2) is 7.45. The van der Waals surface area contributed by atoms with E-state index < -0.39 is 5.91 Å². The summed E-state index contributed by atoms with van der Waals surface area (Å²) in [5.41, 5.74) is 0.740. The lowest BCUT2D eigenvalue weighted by Gasteiger charge is -2.04. The van der Waals surface area contributed by atoms with Crippen LogP contribution in [-0.4, -0.2) is 32.7 Å². The molecular formula is C18H15ClN5O3S+. The van der Waals surface area contributed by atoms with Gasteiger partial charge in [-0.25, -0.2) is 4.98 Å². The van der Waals surface area contributed by atoms with Gasteiger partial charge in [-0.1, -0.05) is 23.7 Å². The lowest BCUT2D eigenvalue weighted by molar-refractivity contribution is -0.513. The van der Waals surface area contributed by atoms with E-state index in [0.717, 1.165) is 4.88 Å². The van der Waals surface area contributed by atoms with Gasteiger partial charge in [-0.3, -0.25) is 4.79 Å². The maximum Gasteiger partial charge on any atom is 0.337 e. The minimum Gasteiger partial charge on any atom is -0.481 e. The number of anilines is 1. The van der Waals surface area contributed by atoms with E-state index in [-0.39, 0.29) is 11.6 Å². The van der Waals surface area contributed by atoms with Crippen LogP contribution >= 0.6 is 22.9 Å². The fourth-order valence-corrected chi connectivity index (χ4v) is 3.81. The number of methoxy groups -OCH3 is 1. The molecule has 4 aromatic rings. The highest BCUT2D eigenvalue weighted by atomic mass is 35.5. The number of ether oxygens (including phenoxy) is 1. The third-order valence-electron chi connectivity index (χ3n) is 4.05. The topological polar surface area (TPSA) is 93.4 Å². The van der Waals surface area contributed by atoms with E-state index >= 15 is 0 Å². The zero-order chi connectivity index (χ0) is 19.7. The molecule has 142 valence electrons. The van der Waals surface area contributed by atoms with Gasteiger partial charge in [0.1, 0.15) is 12.4 Å². The highest BCUT2D eigenvalue weighted by Gasteiger charge is 2.31. The first-order valence-electron chi connectivity index (χ1n) is 8.21. The summed E-state index contributed by atoms with van der Waals surface area (Å²) in [6.45, 7) is 0.328. The standard InChI is InChI=1S/C18H14ClN5O3S/c1-27-13-6-4-5-12(21-13)22-16(25)15-17(26)24(10-11-9-20-18(19)28-11)14-7-2-3-8-23(14)15/h2-9H,10H2,1H3,(H-,21,22,25,26)/p+1. The third kappa shape index (κ3) is 3.37. The number of halogens is 1. The van der Waals surface area contributed by atoms with Crippen molar-refractivity contribution in [2.75, 3.05) is 12.4 Å². The Bertz CT molecular complexity index is 1170. The summed E-state index contributed by atoms with van der Waals surface area (Å²) in [4.78, 5) is 21.9. The molecule has 4 rings (SSSR count). The molecule has 0 spiro atoms. The number of nitrogens with zero attached hydrogens (tertiary/aromatic N) is 4. The summed E-state index contributed by atoms with van der Waals surface area (Å²) in [5.74, 6) is 0.0197. The molecule has 28 heavy (non-hydrogen) atoms. The van der Waals surface area contributed by atoms with Crippen LogP contribution in [0, 0.1) is 0 Å². The van der Waals surface area contributed by atoms with Crippen molar-refractivity contribution < 1.29 is 19.0 Å². The zero-order valence-electron chi connectivity index (χ0n) is 14.7. The number of amides is 1. The van der Waals surface area contributed by atoms with Gasteiger partial charge in [0.25, 0.3) is 11.3 Å². The van der Waals surface area contributed by atoms with E-state index in [9.17, 15) is 9.90 Å². The van der Waals surface area contributed by atoms with E-state index in [1.165, 1.54) is 18.4 Å². The lowest BCUT2D eigenvalue weighted by atomic mass is 10.3. The van der Waals surface area contributed by atoms with Crippen LogP contribution in [0.15, 0.2) is 48.8 Å². The molecule has 0 aromatic carbocycles. The van der Waals surface area contributed by atoms with Crippen LogP contribution < -0.4 is 14.5 Å². The number of aromatic nitrogens is 4. The quantitative estimate of drug-likeness (QED) is 0.488. The van der Waals surface area contributed by atoms with E-state index in [4.69, 9.17) is 16.3 Å². The van der Waals surface area contributed by atoms with Crippen LogP contribution in [-0.2, 0) is 6.54 Å². The van der Waals surface area contributed by atoms with E-state index in [0.29, 0.717) is 28.4 Å². The van der Waals surface area contributed by atoms with Gasteiger partial charge in [0.2, 0.25) is 5.88 Å². The predicted molar refractivity (Wildman–Crippen MR) is 104 cm³/mol. The third-order valence-corrected chi connectivity index (χ3v) is 5.15. The van der Waals surface area contributed by atoms with Crippen molar-refractivity contribution in [2.24, 2.45) is 0 Å². The van der Waals surface area contributed by atoms with E-state index in [1.807, 2.05) is 12.1 Å². The summed E-state index contributed by atoms with van der Waals surface area (Å²) in [6.07, 6.45) is 3.35. The highest BCUT2D eigenvalue weighted by molar-refractivity contribution is 7.15. The Morgan fingerprint density at radius 3 is 2.96 bits per heavy atom. The highest BCUT2D eigenvalue weighted by Crippen LogP contribution is 2.25. The predicted octanol–water partition coefficient (Wildman–Crippen LogP) is 2.75. The number of carbonyl (C=O) groups is 1. The Morgan fingerprint density at radius 1 is 1.36 bits per heavy atom. The summed E-state index contributed by atoms with van der Waals surface area (Å²) >= 11 is 7.22. The second-order valence-electron chi connectivity index (χ2n) is 5.79. The van der Waals surface area contributed by atoms with Crippen molar-refractivity contribution in [3.63, 3.8) is 0 Å². The van der Waals surface area contributed by atoms with Gasteiger partial charge in [-0.15, -0.1) is 11.3 Å². The molecule has 0 bridgehead atoms. The summed E-state index contributed by atoms with van der Waals surface area (Å²) in [6, 6.07) is 10.4. The lowest BCUT2D eigenvalue weighted by Crippen LogP contribution is -2.30. The minimum atomic E-state index is -0.499. The number of imidazole rings is 1. The Balaban J connectivity index is 1.74. The van der Waals surface area contributed by atoms with Crippen LogP contribution in [0.25, 0.3) is 5.65 Å². The summed E-state index contributed by atoms with van der Waals surface area (Å²) in [5, 5.41) is 13.5. The van der Waals surface area contributed by atoms with Gasteiger partial charge in [-0.2, -0.15) is 14.0 Å². The molecule has 0 saturated carbocycles. The van der Waals surface area contributed by atoms with Crippen molar-refractivity contribution in [3.8, 4) is 11.8 Å². The Hall–Kier alpha value is -3.17. The van der Waals surface area contributed by atoms with Crippen LogP contribution in [0.3, 0.4) is 0 Å². The number of pyridine rings is 2. The average Bonchev–Trinajstić information content (AvgIpc) is 3.23. The molecule has 2 N–H and O–H groups in total. The summed E-state index contributed by atoms with van der Waals surface area (Å²) < 4.78 is 8.73. The van der Waals surface area contributed by atoms with Gasteiger partial charge in [0.15, 0.2) is 4.47 Å². The Morgan fingerprint density at radius 2 is 2.21 bits per heavy atom. The van der Waals surface area contributed by atoms with Crippen molar-refractivity contribution in [1.82, 2.24) is 14.5 Å². The van der Waals surface area contributed by atoms with Crippen molar-refractivity contribution in [1.29, 1.82) is 0 Å². The monoisotopic (exact) mass is 416 g/mol. The fourth-order valence-electron chi connectivity index (χ4n) is 2.84. The summed E-state index contributed by atoms with van der Waals surface area (Å²) in [7, 11) is 1.49.